The van der Waals surface area contributed by atoms with Crippen molar-refractivity contribution in [2.75, 3.05) is 7.11 Å². The van der Waals surface area contributed by atoms with Crippen molar-refractivity contribution in [1.82, 2.24) is 0 Å². The van der Waals surface area contributed by atoms with E-state index in [2.05, 4.69) is 20.8 Å². The van der Waals surface area contributed by atoms with E-state index in [0.717, 1.165) is 32.1 Å². The minimum atomic E-state index is -0.247. The molecule has 0 saturated heterocycles. The fourth-order valence-corrected chi connectivity index (χ4v) is 9.15. The van der Waals surface area contributed by atoms with Gasteiger partial charge in [0.2, 0.25) is 0 Å². The summed E-state index contributed by atoms with van der Waals surface area (Å²) < 4.78 is 10.4. The van der Waals surface area contributed by atoms with Gasteiger partial charge in [0.05, 0.1) is 13.2 Å². The summed E-state index contributed by atoms with van der Waals surface area (Å²) in [6.45, 7) is 8.78. The second-order valence-electron chi connectivity index (χ2n) is 12.1. The third-order valence-electron chi connectivity index (χ3n) is 10.8. The molecule has 0 spiro atoms. The highest BCUT2D eigenvalue weighted by atomic mass is 16.5. The summed E-state index contributed by atoms with van der Waals surface area (Å²) in [7, 11) is 1.47. The molecule has 0 aromatic rings. The van der Waals surface area contributed by atoms with E-state index < -0.39 is 0 Å². The zero-order valence-corrected chi connectivity index (χ0v) is 20.8. The van der Waals surface area contributed by atoms with Gasteiger partial charge in [-0.15, -0.1) is 0 Å². The van der Waals surface area contributed by atoms with Crippen LogP contribution in [0.3, 0.4) is 0 Å². The van der Waals surface area contributed by atoms with Gasteiger partial charge in [0.15, 0.2) is 0 Å². The van der Waals surface area contributed by atoms with Crippen molar-refractivity contribution in [1.29, 1.82) is 0 Å². The van der Waals surface area contributed by atoms with Crippen LogP contribution in [0.4, 0.5) is 0 Å². The predicted molar refractivity (Wildman–Crippen MR) is 123 cm³/mol. The molecule has 4 rings (SSSR count). The molecule has 0 bridgehead atoms. The Morgan fingerprint density at radius 2 is 1.72 bits per heavy atom. The zero-order valence-electron chi connectivity index (χ0n) is 20.8. The average Bonchev–Trinajstić information content (AvgIpc) is 3.09. The van der Waals surface area contributed by atoms with Gasteiger partial charge in [0.25, 0.3) is 0 Å². The van der Waals surface area contributed by atoms with Crippen LogP contribution >= 0.6 is 0 Å². The molecule has 0 heterocycles. The monoisotopic (exact) mass is 448 g/mol. The molecular weight excluding hydrogens is 404 g/mol. The highest BCUT2D eigenvalue weighted by molar-refractivity contribution is 5.69. The molecule has 0 aromatic heterocycles. The lowest BCUT2D eigenvalue weighted by Gasteiger charge is -2.62. The minimum absolute atomic E-state index is 0.0229. The maximum atomic E-state index is 11.7. The lowest BCUT2D eigenvalue weighted by Crippen LogP contribution is -2.58. The number of hydrogen-bond donors (Lipinski definition) is 1. The molecule has 10 atom stereocenters. The number of fused-ring (bicyclic) bond motifs is 5. The maximum Gasteiger partial charge on any atom is 0.305 e. The molecule has 32 heavy (non-hydrogen) atoms. The van der Waals surface area contributed by atoms with Gasteiger partial charge in [-0.05, 0) is 104 Å². The Morgan fingerprint density at radius 3 is 2.41 bits per heavy atom. The Kier molecular flexibility index (Phi) is 6.70. The molecule has 4 fully saturated rings. The third-order valence-corrected chi connectivity index (χ3v) is 10.8. The number of esters is 2. The minimum Gasteiger partial charge on any atom is -0.469 e. The van der Waals surface area contributed by atoms with E-state index in [9.17, 15) is 14.7 Å². The first-order valence-corrected chi connectivity index (χ1v) is 13.0. The first-order valence-electron chi connectivity index (χ1n) is 13.0. The summed E-state index contributed by atoms with van der Waals surface area (Å²) in [6.07, 6.45) is 9.85. The van der Waals surface area contributed by atoms with Gasteiger partial charge in [0, 0.05) is 13.3 Å². The Balaban J connectivity index is 1.49. The summed E-state index contributed by atoms with van der Waals surface area (Å²) in [4.78, 5) is 23.2. The van der Waals surface area contributed by atoms with Gasteiger partial charge in [-0.25, -0.2) is 0 Å². The molecule has 4 aliphatic rings. The fraction of sp³-hybridized carbons (Fsp3) is 0.926. The van der Waals surface area contributed by atoms with E-state index in [-0.39, 0.29) is 35.0 Å². The largest absolute Gasteiger partial charge is 0.469 e. The SMILES string of the molecule is COC(=O)CCC(C)C1CCC2C3C(CC[C@]12C)[C@@]1(C)CC[C@@H](OC(C)=O)CC1C[C@H]3O. The van der Waals surface area contributed by atoms with Gasteiger partial charge in [-0.1, -0.05) is 20.8 Å². The molecule has 0 radical (unpaired) electrons. The summed E-state index contributed by atoms with van der Waals surface area (Å²) >= 11 is 0. The van der Waals surface area contributed by atoms with Gasteiger partial charge in [-0.3, -0.25) is 9.59 Å². The van der Waals surface area contributed by atoms with Gasteiger partial charge in [-0.2, -0.15) is 0 Å². The Morgan fingerprint density at radius 1 is 1.03 bits per heavy atom. The Bertz CT molecular complexity index is 721. The van der Waals surface area contributed by atoms with Crippen molar-refractivity contribution >= 4 is 11.9 Å². The smallest absolute Gasteiger partial charge is 0.305 e. The molecule has 5 heteroatoms. The first-order chi connectivity index (χ1) is 15.1. The average molecular weight is 449 g/mol. The normalized spacial score (nSPS) is 46.4. The number of hydrogen-bond acceptors (Lipinski definition) is 5. The van der Waals surface area contributed by atoms with Crippen molar-refractivity contribution in [2.24, 2.45) is 46.3 Å². The van der Waals surface area contributed by atoms with Crippen LogP contribution in [-0.4, -0.2) is 36.4 Å². The molecule has 0 amide bonds. The van der Waals surface area contributed by atoms with E-state index in [1.807, 2.05) is 0 Å². The Hall–Kier alpha value is -1.10. The van der Waals surface area contributed by atoms with Crippen molar-refractivity contribution in [3.05, 3.63) is 0 Å². The quantitative estimate of drug-likeness (QED) is 0.590. The van der Waals surface area contributed by atoms with Crippen LogP contribution in [0.2, 0.25) is 0 Å². The van der Waals surface area contributed by atoms with Crippen LogP contribution in [0, 0.1) is 46.3 Å². The number of carbonyl (C=O) groups is 2. The van der Waals surface area contributed by atoms with Gasteiger partial charge < -0.3 is 14.6 Å². The topological polar surface area (TPSA) is 72.8 Å². The lowest BCUT2D eigenvalue weighted by molar-refractivity contribution is -0.182. The van der Waals surface area contributed by atoms with E-state index in [1.54, 1.807) is 0 Å². The molecule has 6 unspecified atom stereocenters. The molecule has 5 nitrogen and oxygen atoms in total. The zero-order chi connectivity index (χ0) is 23.3. The summed E-state index contributed by atoms with van der Waals surface area (Å²) in [5, 5.41) is 11.5. The van der Waals surface area contributed by atoms with E-state index >= 15 is 0 Å². The molecule has 0 aromatic carbocycles. The number of aliphatic hydroxyl groups excluding tert-OH is 1. The fourth-order valence-electron chi connectivity index (χ4n) is 9.15. The standard InChI is InChI=1S/C27H44O5/c1-16(6-9-24(30)31-5)20-7-8-21-25-22(11-13-27(20,21)4)26(3)12-10-19(32-17(2)28)14-18(26)15-23(25)29/h16,18-23,25,29H,6-15H2,1-5H3/t16?,18?,19-,20?,21?,22?,23-,25?,26+,27-/m1/s1. The van der Waals surface area contributed by atoms with Crippen LogP contribution in [0.5, 0.6) is 0 Å². The van der Waals surface area contributed by atoms with E-state index in [0.29, 0.717) is 41.9 Å². The van der Waals surface area contributed by atoms with Crippen molar-refractivity contribution in [2.45, 2.75) is 104 Å². The van der Waals surface area contributed by atoms with Crippen LogP contribution < -0.4 is 0 Å². The second-order valence-corrected chi connectivity index (χ2v) is 12.1. The van der Waals surface area contributed by atoms with Crippen LogP contribution in [-0.2, 0) is 19.1 Å². The molecule has 182 valence electrons. The number of carbonyl (C=O) groups excluding carboxylic acids is 2. The van der Waals surface area contributed by atoms with Crippen LogP contribution in [0.25, 0.3) is 0 Å². The lowest BCUT2D eigenvalue weighted by atomic mass is 9.43. The number of rotatable bonds is 5. The van der Waals surface area contributed by atoms with Crippen molar-refractivity contribution in [3.63, 3.8) is 0 Å². The number of methoxy groups -OCH3 is 1. The second kappa shape index (κ2) is 8.92. The highest BCUT2D eigenvalue weighted by Gasteiger charge is 2.63. The van der Waals surface area contributed by atoms with Crippen LogP contribution in [0.1, 0.15) is 91.9 Å². The summed E-state index contributed by atoms with van der Waals surface area (Å²) in [6, 6.07) is 0. The van der Waals surface area contributed by atoms with E-state index in [1.165, 1.54) is 39.7 Å². The van der Waals surface area contributed by atoms with Crippen molar-refractivity contribution in [3.8, 4) is 0 Å². The first kappa shape index (κ1) is 24.0. The van der Waals surface area contributed by atoms with Crippen molar-refractivity contribution < 1.29 is 24.2 Å². The number of aliphatic hydroxyl groups is 1. The molecule has 1 N–H and O–H groups in total. The van der Waals surface area contributed by atoms with Gasteiger partial charge in [0.1, 0.15) is 6.10 Å². The molecular formula is C27H44O5. The highest BCUT2D eigenvalue weighted by Crippen LogP contribution is 2.68. The Labute approximate surface area is 194 Å². The molecule has 4 aliphatic carbocycles. The third kappa shape index (κ3) is 4.01. The summed E-state index contributed by atoms with van der Waals surface area (Å²) in [5.74, 6) is 2.81. The summed E-state index contributed by atoms with van der Waals surface area (Å²) in [5.41, 5.74) is 0.506. The predicted octanol–water partition coefficient (Wildman–Crippen LogP) is 5.14. The van der Waals surface area contributed by atoms with E-state index in [4.69, 9.17) is 9.47 Å². The van der Waals surface area contributed by atoms with Crippen LogP contribution in [0.15, 0.2) is 0 Å². The maximum absolute atomic E-state index is 11.7. The number of ether oxygens (including phenoxy) is 2. The molecule has 4 saturated carbocycles. The van der Waals surface area contributed by atoms with Gasteiger partial charge >= 0.3 is 11.9 Å². The molecule has 0 aliphatic heterocycles.